The highest BCUT2D eigenvalue weighted by molar-refractivity contribution is 6.40. The Hall–Kier alpha value is -0.610. The Morgan fingerprint density at radius 2 is 1.79 bits per heavy atom. The molecule has 0 aromatic rings. The van der Waals surface area contributed by atoms with Crippen LogP contribution in [0.1, 0.15) is 27.2 Å². The van der Waals surface area contributed by atoms with Crippen LogP contribution in [0.25, 0.3) is 0 Å². The fraction of sp³-hybridized carbons (Fsp3) is 0.778. The van der Waals surface area contributed by atoms with Crippen LogP contribution >= 0.6 is 12.4 Å². The Morgan fingerprint density at radius 3 is 2.07 bits per heavy atom. The monoisotopic (exact) mass is 222 g/mol. The van der Waals surface area contributed by atoms with Gasteiger partial charge in [0.25, 0.3) is 0 Å². The molecule has 0 aromatic heterocycles. The second kappa shape index (κ2) is 8.97. The number of ketones is 1. The molecule has 4 nitrogen and oxygen atoms in total. The lowest BCUT2D eigenvalue weighted by Crippen LogP contribution is -2.33. The molecule has 0 unspecified atom stereocenters. The van der Waals surface area contributed by atoms with Crippen molar-refractivity contribution in [3.63, 3.8) is 0 Å². The van der Waals surface area contributed by atoms with E-state index in [4.69, 9.17) is 5.21 Å². The molecule has 0 bridgehead atoms. The lowest BCUT2D eigenvalue weighted by atomic mass is 10.2. The van der Waals surface area contributed by atoms with Crippen LogP contribution in [0, 0.1) is 0 Å². The Kier molecular flexibility index (Phi) is 10.1. The fourth-order valence-corrected chi connectivity index (χ4v) is 1.04. The van der Waals surface area contributed by atoms with E-state index in [1.165, 1.54) is 0 Å². The number of Topliss-reactive ketones (excluding diaryl/α,β-unsaturated/α-hetero) is 1. The van der Waals surface area contributed by atoms with Crippen molar-refractivity contribution in [1.29, 1.82) is 0 Å². The second-order valence-electron chi connectivity index (χ2n) is 2.78. The minimum absolute atomic E-state index is 0. The number of carbonyl (C=O) groups excluding carboxylic acids is 1. The van der Waals surface area contributed by atoms with E-state index in [9.17, 15) is 4.79 Å². The maximum Gasteiger partial charge on any atom is 0.181 e. The van der Waals surface area contributed by atoms with Gasteiger partial charge in [-0.05, 0) is 13.1 Å². The average molecular weight is 223 g/mol. The molecule has 84 valence electrons. The van der Waals surface area contributed by atoms with E-state index < -0.39 is 0 Å². The lowest BCUT2D eigenvalue weighted by Gasteiger charge is -2.17. The summed E-state index contributed by atoms with van der Waals surface area (Å²) in [6.45, 7) is 7.93. The summed E-state index contributed by atoms with van der Waals surface area (Å²) in [5.74, 6) is -0.0885. The molecule has 0 saturated carbocycles. The van der Waals surface area contributed by atoms with Crippen molar-refractivity contribution in [2.75, 3.05) is 19.6 Å². The van der Waals surface area contributed by atoms with Gasteiger partial charge in [0.15, 0.2) is 5.78 Å². The predicted molar refractivity (Wildman–Crippen MR) is 59.6 cm³/mol. The van der Waals surface area contributed by atoms with Crippen LogP contribution in [0.15, 0.2) is 5.16 Å². The van der Waals surface area contributed by atoms with E-state index in [0.717, 1.165) is 13.1 Å². The van der Waals surface area contributed by atoms with E-state index in [-0.39, 0.29) is 23.9 Å². The quantitative estimate of drug-likeness (QED) is 0.422. The number of nitrogens with zero attached hydrogens (tertiary/aromatic N) is 2. The minimum atomic E-state index is -0.0885. The van der Waals surface area contributed by atoms with Crippen molar-refractivity contribution in [3.05, 3.63) is 0 Å². The number of rotatable bonds is 6. The first-order valence-electron chi connectivity index (χ1n) is 4.65. The highest BCUT2D eigenvalue weighted by atomic mass is 35.5. The molecule has 0 aliphatic rings. The van der Waals surface area contributed by atoms with Gasteiger partial charge in [-0.25, -0.2) is 0 Å². The molecule has 5 heteroatoms. The zero-order valence-electron chi connectivity index (χ0n) is 8.99. The number of halogens is 1. The van der Waals surface area contributed by atoms with E-state index in [2.05, 4.69) is 5.16 Å². The van der Waals surface area contributed by atoms with Crippen molar-refractivity contribution < 1.29 is 10.0 Å². The van der Waals surface area contributed by atoms with Gasteiger partial charge in [-0.2, -0.15) is 0 Å². The largest absolute Gasteiger partial charge is 0.411 e. The van der Waals surface area contributed by atoms with Crippen LogP contribution in [0.5, 0.6) is 0 Å². The topological polar surface area (TPSA) is 52.9 Å². The molecule has 1 N–H and O–H groups in total. The summed E-state index contributed by atoms with van der Waals surface area (Å²) in [5, 5.41) is 11.6. The summed E-state index contributed by atoms with van der Waals surface area (Å²) in [6, 6.07) is 0. The van der Waals surface area contributed by atoms with Crippen molar-refractivity contribution in [2.24, 2.45) is 5.16 Å². The number of hydrogen-bond donors (Lipinski definition) is 1. The molecule has 0 atom stereocenters. The van der Waals surface area contributed by atoms with Crippen LogP contribution in [0.3, 0.4) is 0 Å². The Balaban J connectivity index is 0. The maximum absolute atomic E-state index is 11.2. The molecule has 0 aliphatic carbocycles. The summed E-state index contributed by atoms with van der Waals surface area (Å²) in [7, 11) is 0. The zero-order valence-corrected chi connectivity index (χ0v) is 9.80. The predicted octanol–water partition coefficient (Wildman–Crippen LogP) is 1.56. The van der Waals surface area contributed by atoms with E-state index in [1.54, 1.807) is 6.92 Å². The highest BCUT2D eigenvalue weighted by Crippen LogP contribution is 1.93. The third-order valence-electron chi connectivity index (χ3n) is 2.03. The highest BCUT2D eigenvalue weighted by Gasteiger charge is 2.12. The van der Waals surface area contributed by atoms with Crippen LogP contribution in [0.2, 0.25) is 0 Å². The van der Waals surface area contributed by atoms with Gasteiger partial charge in [-0.3, -0.25) is 9.69 Å². The molecular formula is C9H19ClN2O2. The molecule has 0 fully saturated rings. The first kappa shape index (κ1) is 15.8. The maximum atomic E-state index is 11.2. The molecule has 14 heavy (non-hydrogen) atoms. The van der Waals surface area contributed by atoms with E-state index >= 15 is 0 Å². The Morgan fingerprint density at radius 1 is 1.29 bits per heavy atom. The van der Waals surface area contributed by atoms with Gasteiger partial charge in [0.05, 0.1) is 0 Å². The van der Waals surface area contributed by atoms with Crippen molar-refractivity contribution >= 4 is 23.9 Å². The second-order valence-corrected chi connectivity index (χ2v) is 2.78. The first-order chi connectivity index (χ1) is 6.19. The van der Waals surface area contributed by atoms with Crippen molar-refractivity contribution in [1.82, 2.24) is 4.90 Å². The van der Waals surface area contributed by atoms with Crippen molar-refractivity contribution in [3.8, 4) is 0 Å². The van der Waals surface area contributed by atoms with E-state index in [1.807, 2.05) is 18.7 Å². The van der Waals surface area contributed by atoms with Gasteiger partial charge in [-0.1, -0.05) is 25.9 Å². The summed E-state index contributed by atoms with van der Waals surface area (Å²) >= 11 is 0. The molecule has 0 amide bonds. The van der Waals surface area contributed by atoms with E-state index in [0.29, 0.717) is 13.0 Å². The Labute approximate surface area is 91.4 Å². The summed E-state index contributed by atoms with van der Waals surface area (Å²) in [6.07, 6.45) is 0.390. The molecule has 0 spiro atoms. The first-order valence-corrected chi connectivity index (χ1v) is 4.65. The van der Waals surface area contributed by atoms with Gasteiger partial charge in [-0.15, -0.1) is 12.4 Å². The van der Waals surface area contributed by atoms with Crippen molar-refractivity contribution in [2.45, 2.75) is 27.2 Å². The molecule has 0 aromatic carbocycles. The molecule has 0 saturated heterocycles. The smallest absolute Gasteiger partial charge is 0.181 e. The van der Waals surface area contributed by atoms with Crippen LogP contribution in [0.4, 0.5) is 0 Å². The standard InChI is InChI=1S/C9H18N2O2.ClH/c1-4-9(12)8(10-13)7-11(5-2)6-3;/h13H,4-7H2,1-3H3;1H/b10-8-;. The SMILES string of the molecule is CCC(=O)/C(CN(CC)CC)=N\O.Cl. The summed E-state index contributed by atoms with van der Waals surface area (Å²) in [4.78, 5) is 13.2. The van der Waals surface area contributed by atoms with Crippen LogP contribution in [-0.4, -0.2) is 41.2 Å². The minimum Gasteiger partial charge on any atom is -0.411 e. The number of carbonyl (C=O) groups is 1. The molecule has 0 heterocycles. The third kappa shape index (κ3) is 5.19. The lowest BCUT2D eigenvalue weighted by molar-refractivity contribution is -0.113. The summed E-state index contributed by atoms with van der Waals surface area (Å²) < 4.78 is 0. The Bertz CT molecular complexity index is 191. The van der Waals surface area contributed by atoms with Gasteiger partial charge in [0.2, 0.25) is 0 Å². The van der Waals surface area contributed by atoms with Crippen LogP contribution < -0.4 is 0 Å². The van der Waals surface area contributed by atoms with Crippen LogP contribution in [-0.2, 0) is 4.79 Å². The normalized spacial score (nSPS) is 11.3. The van der Waals surface area contributed by atoms with Gasteiger partial charge in [0, 0.05) is 13.0 Å². The molecule has 0 rings (SSSR count). The average Bonchev–Trinajstić information content (AvgIpc) is 2.19. The fourth-order valence-electron chi connectivity index (χ4n) is 1.04. The third-order valence-corrected chi connectivity index (χ3v) is 2.03. The molecular weight excluding hydrogens is 204 g/mol. The van der Waals surface area contributed by atoms with Gasteiger partial charge in [0.1, 0.15) is 5.71 Å². The van der Waals surface area contributed by atoms with Gasteiger partial charge >= 0.3 is 0 Å². The molecule has 0 radical (unpaired) electrons. The summed E-state index contributed by atoms with van der Waals surface area (Å²) in [5.41, 5.74) is 0.256. The molecule has 0 aliphatic heterocycles. The number of hydrogen-bond acceptors (Lipinski definition) is 4. The zero-order chi connectivity index (χ0) is 10.3. The number of oxime groups is 1. The van der Waals surface area contributed by atoms with Gasteiger partial charge < -0.3 is 5.21 Å².